The summed E-state index contributed by atoms with van der Waals surface area (Å²) in [5.74, 6) is -0.0837. The average molecular weight is 366 g/mol. The molecule has 1 fully saturated rings. The van der Waals surface area contributed by atoms with Crippen LogP contribution in [-0.4, -0.2) is 36.7 Å². The lowest BCUT2D eigenvalue weighted by molar-refractivity contribution is -0.120. The molecular weight excluding hydrogens is 346 g/mol. The minimum absolute atomic E-state index is 0. The number of carbonyl (C=O) groups excluding carboxylic acids is 1. The number of thiazole rings is 1. The van der Waals surface area contributed by atoms with Gasteiger partial charge in [-0.3, -0.25) is 4.79 Å². The van der Waals surface area contributed by atoms with Crippen LogP contribution >= 0.6 is 23.7 Å². The summed E-state index contributed by atoms with van der Waals surface area (Å²) < 4.78 is 5.32. The second kappa shape index (κ2) is 7.61. The van der Waals surface area contributed by atoms with E-state index in [0.717, 1.165) is 17.7 Å². The topological polar surface area (TPSA) is 63.2 Å². The third-order valence-corrected chi connectivity index (χ3v) is 5.12. The van der Waals surface area contributed by atoms with E-state index >= 15 is 0 Å². The third-order valence-electron chi connectivity index (χ3n) is 4.37. The molecule has 1 aliphatic carbocycles. The normalized spacial score (nSPS) is 19.4. The average Bonchev–Trinajstić information content (AvgIpc) is 3.23. The van der Waals surface area contributed by atoms with Gasteiger partial charge in [-0.1, -0.05) is 12.1 Å². The zero-order valence-corrected chi connectivity index (χ0v) is 14.8. The van der Waals surface area contributed by atoms with Crippen LogP contribution in [0.1, 0.15) is 17.5 Å². The molecule has 2 aromatic rings. The lowest BCUT2D eigenvalue weighted by atomic mass is 10.1. The summed E-state index contributed by atoms with van der Waals surface area (Å²) in [6, 6.07) is 6.27. The van der Waals surface area contributed by atoms with Crippen LogP contribution in [0.25, 0.3) is 11.3 Å². The number of benzene rings is 1. The molecule has 0 bridgehead atoms. The molecule has 2 aliphatic rings. The number of nitrogens with zero attached hydrogens (tertiary/aromatic N) is 1. The molecule has 2 heterocycles. The Kier molecular flexibility index (Phi) is 5.50. The lowest BCUT2D eigenvalue weighted by Crippen LogP contribution is -2.48. The van der Waals surface area contributed by atoms with Gasteiger partial charge >= 0.3 is 0 Å². The highest BCUT2D eigenvalue weighted by Crippen LogP contribution is 2.30. The summed E-state index contributed by atoms with van der Waals surface area (Å²) in [4.78, 5) is 16.7. The summed E-state index contributed by atoms with van der Waals surface area (Å²) in [5, 5.41) is 8.66. The highest BCUT2D eigenvalue weighted by Gasteiger charge is 2.22. The minimum atomic E-state index is -0.295. The quantitative estimate of drug-likeness (QED) is 0.877. The number of carbonyl (C=O) groups is 1. The first-order chi connectivity index (χ1) is 11.3. The number of aromatic nitrogens is 1. The van der Waals surface area contributed by atoms with Gasteiger partial charge in [0.2, 0.25) is 5.91 Å². The molecule has 1 atom stereocenters. The van der Waals surface area contributed by atoms with Crippen LogP contribution in [0.3, 0.4) is 0 Å². The van der Waals surface area contributed by atoms with Gasteiger partial charge in [-0.25, -0.2) is 4.98 Å². The third kappa shape index (κ3) is 3.62. The number of halogens is 1. The van der Waals surface area contributed by atoms with Crippen molar-refractivity contribution >= 4 is 34.8 Å². The molecule has 0 saturated carbocycles. The molecule has 0 radical (unpaired) electrons. The molecule has 5 nitrogen and oxygen atoms in total. The van der Waals surface area contributed by atoms with E-state index in [2.05, 4.69) is 33.8 Å². The van der Waals surface area contributed by atoms with Crippen molar-refractivity contribution < 1.29 is 9.53 Å². The molecule has 1 amide bonds. The van der Waals surface area contributed by atoms with Gasteiger partial charge in [-0.2, -0.15) is 0 Å². The van der Waals surface area contributed by atoms with Gasteiger partial charge in [0.05, 0.1) is 18.9 Å². The van der Waals surface area contributed by atoms with Crippen LogP contribution in [0, 0.1) is 0 Å². The molecule has 1 aromatic heterocycles. The second-order valence-electron chi connectivity index (χ2n) is 5.95. The van der Waals surface area contributed by atoms with Crippen LogP contribution in [0.15, 0.2) is 23.6 Å². The van der Waals surface area contributed by atoms with E-state index in [0.29, 0.717) is 24.9 Å². The number of aryl methyl sites for hydroxylation is 2. The molecule has 4 rings (SSSR count). The molecule has 7 heteroatoms. The van der Waals surface area contributed by atoms with Crippen molar-refractivity contribution in [3.05, 3.63) is 34.7 Å². The second-order valence-corrected chi connectivity index (χ2v) is 6.80. The first-order valence-corrected chi connectivity index (χ1v) is 8.87. The van der Waals surface area contributed by atoms with Gasteiger partial charge in [0.1, 0.15) is 6.04 Å². The maximum absolute atomic E-state index is 12.2. The molecule has 0 spiro atoms. The van der Waals surface area contributed by atoms with E-state index in [1.165, 1.54) is 35.3 Å². The van der Waals surface area contributed by atoms with Crippen molar-refractivity contribution in [2.45, 2.75) is 25.3 Å². The smallest absolute Gasteiger partial charge is 0.245 e. The number of nitrogens with one attached hydrogen (secondary N) is 2. The standard InChI is InChI=1S/C17H19N3O2S.ClH/c21-16(14-9-22-7-6-18-14)20-17-19-15(10-23-17)13-5-4-11-2-1-3-12(11)8-13;/h4-5,8,10,14,18H,1-3,6-7,9H2,(H,19,20,21);1H. The van der Waals surface area contributed by atoms with Crippen LogP contribution < -0.4 is 10.6 Å². The Morgan fingerprint density at radius 2 is 2.21 bits per heavy atom. The molecule has 2 N–H and O–H groups in total. The van der Waals surface area contributed by atoms with E-state index in [1.807, 2.05) is 5.38 Å². The van der Waals surface area contributed by atoms with E-state index in [1.54, 1.807) is 0 Å². The highest BCUT2D eigenvalue weighted by molar-refractivity contribution is 7.14. The largest absolute Gasteiger partial charge is 0.378 e. The fraction of sp³-hybridized carbons (Fsp3) is 0.412. The first-order valence-electron chi connectivity index (χ1n) is 7.99. The van der Waals surface area contributed by atoms with Gasteiger partial charge in [0.25, 0.3) is 0 Å². The van der Waals surface area contributed by atoms with E-state index < -0.39 is 0 Å². The molecule has 128 valence electrons. The predicted molar refractivity (Wildman–Crippen MR) is 98.1 cm³/mol. The van der Waals surface area contributed by atoms with Crippen molar-refractivity contribution in [2.24, 2.45) is 0 Å². The number of fused-ring (bicyclic) bond motifs is 1. The maximum atomic E-state index is 12.2. The Hall–Kier alpha value is -1.47. The monoisotopic (exact) mass is 365 g/mol. The van der Waals surface area contributed by atoms with Gasteiger partial charge in [0.15, 0.2) is 5.13 Å². The van der Waals surface area contributed by atoms with Crippen LogP contribution in [0.4, 0.5) is 5.13 Å². The molecule has 1 saturated heterocycles. The van der Waals surface area contributed by atoms with Crippen molar-refractivity contribution in [3.8, 4) is 11.3 Å². The summed E-state index contributed by atoms with van der Waals surface area (Å²) >= 11 is 1.46. The molecule has 24 heavy (non-hydrogen) atoms. The van der Waals surface area contributed by atoms with E-state index in [-0.39, 0.29) is 24.4 Å². The van der Waals surface area contributed by atoms with Gasteiger partial charge < -0.3 is 15.4 Å². The summed E-state index contributed by atoms with van der Waals surface area (Å²) in [6.07, 6.45) is 3.59. The van der Waals surface area contributed by atoms with Gasteiger partial charge in [-0.05, 0) is 36.5 Å². The van der Waals surface area contributed by atoms with Gasteiger partial charge in [0, 0.05) is 17.5 Å². The van der Waals surface area contributed by atoms with Crippen molar-refractivity contribution in [3.63, 3.8) is 0 Å². The molecule has 1 aromatic carbocycles. The maximum Gasteiger partial charge on any atom is 0.245 e. The van der Waals surface area contributed by atoms with Crippen LogP contribution in [-0.2, 0) is 22.4 Å². The number of anilines is 1. The Morgan fingerprint density at radius 1 is 1.33 bits per heavy atom. The predicted octanol–water partition coefficient (Wildman–Crippen LogP) is 2.65. The summed E-state index contributed by atoms with van der Waals surface area (Å²) in [7, 11) is 0. The zero-order chi connectivity index (χ0) is 15.6. The zero-order valence-electron chi connectivity index (χ0n) is 13.2. The number of hydrogen-bond donors (Lipinski definition) is 2. The number of morpholine rings is 1. The van der Waals surface area contributed by atoms with E-state index in [4.69, 9.17) is 4.74 Å². The molecule has 1 aliphatic heterocycles. The first kappa shape index (κ1) is 17.4. The fourth-order valence-electron chi connectivity index (χ4n) is 3.12. The molecular formula is C17H20ClN3O2S. The SMILES string of the molecule is Cl.O=C(Nc1nc(-c2ccc3c(c2)CCC3)cs1)C1COCCN1. The van der Waals surface area contributed by atoms with Crippen molar-refractivity contribution in [1.29, 1.82) is 0 Å². The fourth-order valence-corrected chi connectivity index (χ4v) is 3.84. The highest BCUT2D eigenvalue weighted by atomic mass is 35.5. The number of rotatable bonds is 3. The summed E-state index contributed by atoms with van der Waals surface area (Å²) in [6.45, 7) is 1.77. The minimum Gasteiger partial charge on any atom is -0.378 e. The summed E-state index contributed by atoms with van der Waals surface area (Å²) in [5.41, 5.74) is 4.94. The van der Waals surface area contributed by atoms with Crippen molar-refractivity contribution in [1.82, 2.24) is 10.3 Å². The Labute approximate surface area is 151 Å². The Morgan fingerprint density at radius 3 is 3.04 bits per heavy atom. The van der Waals surface area contributed by atoms with Crippen molar-refractivity contribution in [2.75, 3.05) is 25.1 Å². The van der Waals surface area contributed by atoms with Crippen LogP contribution in [0.5, 0.6) is 0 Å². The Balaban J connectivity index is 0.00000169. The van der Waals surface area contributed by atoms with Crippen LogP contribution in [0.2, 0.25) is 0 Å². The number of hydrogen-bond acceptors (Lipinski definition) is 5. The van der Waals surface area contributed by atoms with E-state index in [9.17, 15) is 4.79 Å². The van der Waals surface area contributed by atoms with Gasteiger partial charge in [-0.15, -0.1) is 23.7 Å². The Bertz CT molecular complexity index is 728. The lowest BCUT2D eigenvalue weighted by Gasteiger charge is -2.22. The number of ether oxygens (including phenoxy) is 1. The molecule has 1 unspecified atom stereocenters. The number of amides is 1.